The maximum absolute atomic E-state index is 4.66. The predicted molar refractivity (Wildman–Crippen MR) is 87.6 cm³/mol. The minimum atomic E-state index is 0.495. The third-order valence-electron chi connectivity index (χ3n) is 3.73. The van der Waals surface area contributed by atoms with E-state index in [1.807, 2.05) is 34.9 Å². The number of aryl methyl sites for hydroxylation is 1. The number of anilines is 1. The van der Waals surface area contributed by atoms with Gasteiger partial charge < -0.3 is 5.32 Å². The first kappa shape index (κ1) is 14.4. The molecule has 0 radical (unpaired) electrons. The smallest absolute Gasteiger partial charge is 0.223 e. The van der Waals surface area contributed by atoms with Gasteiger partial charge in [-0.1, -0.05) is 6.92 Å². The van der Waals surface area contributed by atoms with Gasteiger partial charge in [-0.2, -0.15) is 16.9 Å². The van der Waals surface area contributed by atoms with Gasteiger partial charge in [0.1, 0.15) is 0 Å². The first-order chi connectivity index (χ1) is 10.3. The van der Waals surface area contributed by atoms with Crippen LogP contribution in [0.2, 0.25) is 0 Å². The van der Waals surface area contributed by atoms with Gasteiger partial charge in [0.15, 0.2) is 0 Å². The van der Waals surface area contributed by atoms with E-state index in [1.165, 1.54) is 12.2 Å². The summed E-state index contributed by atoms with van der Waals surface area (Å²) in [6, 6.07) is 2.45. The second-order valence-electron chi connectivity index (χ2n) is 5.34. The van der Waals surface area contributed by atoms with Crippen LogP contribution in [0.4, 0.5) is 5.95 Å². The number of nitrogens with zero attached hydrogens (tertiary/aromatic N) is 4. The van der Waals surface area contributed by atoms with Crippen LogP contribution in [0.1, 0.15) is 25.5 Å². The average Bonchev–Trinajstić information content (AvgIpc) is 3.11. The highest BCUT2D eigenvalue weighted by molar-refractivity contribution is 7.99. The van der Waals surface area contributed by atoms with Crippen molar-refractivity contribution in [3.05, 3.63) is 24.2 Å². The Bertz CT molecular complexity index is 604. The van der Waals surface area contributed by atoms with Crippen LogP contribution in [0, 0.1) is 6.92 Å². The summed E-state index contributed by atoms with van der Waals surface area (Å²) in [5.41, 5.74) is 3.20. The standard InChI is InChI=1S/C15H21N5S/c1-3-7-20-11(2)13(9-17-20)14-4-6-16-15(19-14)18-12-5-8-21-10-12/h4,6,9,12H,3,5,7-8,10H2,1-2H3,(H,16,18,19)/t12-/m0/s1. The highest BCUT2D eigenvalue weighted by Crippen LogP contribution is 2.23. The lowest BCUT2D eigenvalue weighted by Crippen LogP contribution is -2.19. The van der Waals surface area contributed by atoms with Crippen LogP contribution in [0.15, 0.2) is 18.5 Å². The molecule has 1 atom stereocenters. The lowest BCUT2D eigenvalue weighted by Gasteiger charge is -2.11. The molecule has 0 amide bonds. The number of rotatable bonds is 5. The molecule has 6 heteroatoms. The second kappa shape index (κ2) is 6.47. The van der Waals surface area contributed by atoms with E-state index in [9.17, 15) is 0 Å². The topological polar surface area (TPSA) is 55.6 Å². The van der Waals surface area contributed by atoms with Crippen LogP contribution in [0.3, 0.4) is 0 Å². The molecule has 0 aromatic carbocycles. The number of aromatic nitrogens is 4. The number of thioether (sulfide) groups is 1. The molecule has 0 aliphatic carbocycles. The van der Waals surface area contributed by atoms with Crippen LogP contribution in [0.5, 0.6) is 0 Å². The van der Waals surface area contributed by atoms with Crippen LogP contribution in [0.25, 0.3) is 11.3 Å². The molecule has 2 aromatic rings. The fourth-order valence-corrected chi connectivity index (χ4v) is 3.70. The molecular weight excluding hydrogens is 282 g/mol. The summed E-state index contributed by atoms with van der Waals surface area (Å²) in [6.07, 6.45) is 6.00. The van der Waals surface area contributed by atoms with Crippen LogP contribution in [-0.2, 0) is 6.54 Å². The Morgan fingerprint density at radius 2 is 2.38 bits per heavy atom. The van der Waals surface area contributed by atoms with Gasteiger partial charge in [0.05, 0.1) is 11.9 Å². The zero-order chi connectivity index (χ0) is 14.7. The van der Waals surface area contributed by atoms with Crippen LogP contribution < -0.4 is 5.32 Å². The minimum Gasteiger partial charge on any atom is -0.351 e. The summed E-state index contributed by atoms with van der Waals surface area (Å²) >= 11 is 1.98. The third-order valence-corrected chi connectivity index (χ3v) is 4.90. The van der Waals surface area contributed by atoms with E-state index in [2.05, 4.69) is 34.2 Å². The molecule has 5 nitrogen and oxygen atoms in total. The molecule has 2 aromatic heterocycles. The van der Waals surface area contributed by atoms with Crippen molar-refractivity contribution in [2.75, 3.05) is 16.8 Å². The number of nitrogens with one attached hydrogen (secondary N) is 1. The first-order valence-electron chi connectivity index (χ1n) is 7.48. The predicted octanol–water partition coefficient (Wildman–Crippen LogP) is 2.98. The normalized spacial score (nSPS) is 18.1. The van der Waals surface area contributed by atoms with E-state index in [4.69, 9.17) is 0 Å². The van der Waals surface area contributed by atoms with Crippen molar-refractivity contribution in [1.29, 1.82) is 0 Å². The molecule has 21 heavy (non-hydrogen) atoms. The molecular formula is C15H21N5S. The summed E-state index contributed by atoms with van der Waals surface area (Å²) in [6.45, 7) is 5.20. The number of hydrogen-bond donors (Lipinski definition) is 1. The Hall–Kier alpha value is -1.56. The first-order valence-corrected chi connectivity index (χ1v) is 8.63. The SMILES string of the molecule is CCCn1ncc(-c2ccnc(N[C@H]3CCSC3)n2)c1C. The third kappa shape index (κ3) is 3.20. The summed E-state index contributed by atoms with van der Waals surface area (Å²) in [7, 11) is 0. The number of hydrogen-bond acceptors (Lipinski definition) is 5. The molecule has 0 bridgehead atoms. The Kier molecular flexibility index (Phi) is 4.43. The van der Waals surface area contributed by atoms with Crippen LogP contribution >= 0.6 is 11.8 Å². The molecule has 0 spiro atoms. The molecule has 1 aliphatic heterocycles. The summed E-state index contributed by atoms with van der Waals surface area (Å²) in [5.74, 6) is 3.09. The monoisotopic (exact) mass is 303 g/mol. The molecule has 1 aliphatic rings. The van der Waals surface area contributed by atoms with Gasteiger partial charge in [-0.25, -0.2) is 9.97 Å². The van der Waals surface area contributed by atoms with Crippen molar-refractivity contribution < 1.29 is 0 Å². The Morgan fingerprint density at radius 3 is 3.14 bits per heavy atom. The van der Waals surface area contributed by atoms with E-state index in [0.29, 0.717) is 6.04 Å². The average molecular weight is 303 g/mol. The molecule has 0 saturated carbocycles. The quantitative estimate of drug-likeness (QED) is 0.920. The Balaban J connectivity index is 1.81. The fourth-order valence-electron chi connectivity index (χ4n) is 2.54. The highest BCUT2D eigenvalue weighted by atomic mass is 32.2. The Labute approximate surface area is 129 Å². The van der Waals surface area contributed by atoms with Crippen molar-refractivity contribution in [2.45, 2.75) is 39.3 Å². The van der Waals surface area contributed by atoms with Crippen molar-refractivity contribution in [1.82, 2.24) is 19.7 Å². The largest absolute Gasteiger partial charge is 0.351 e. The van der Waals surface area contributed by atoms with E-state index in [1.54, 1.807) is 0 Å². The van der Waals surface area contributed by atoms with Gasteiger partial charge in [0, 0.05) is 35.8 Å². The summed E-state index contributed by atoms with van der Waals surface area (Å²) in [5, 5.41) is 7.88. The maximum Gasteiger partial charge on any atom is 0.223 e. The van der Waals surface area contributed by atoms with E-state index >= 15 is 0 Å². The lowest BCUT2D eigenvalue weighted by atomic mass is 10.2. The summed E-state index contributed by atoms with van der Waals surface area (Å²) in [4.78, 5) is 9.00. The second-order valence-corrected chi connectivity index (χ2v) is 6.49. The maximum atomic E-state index is 4.66. The molecule has 1 fully saturated rings. The van der Waals surface area contributed by atoms with E-state index in [-0.39, 0.29) is 0 Å². The molecule has 0 unspecified atom stereocenters. The highest BCUT2D eigenvalue weighted by Gasteiger charge is 2.17. The van der Waals surface area contributed by atoms with Gasteiger partial charge in [-0.15, -0.1) is 0 Å². The van der Waals surface area contributed by atoms with Gasteiger partial charge in [-0.05, 0) is 31.6 Å². The molecule has 1 N–H and O–H groups in total. The van der Waals surface area contributed by atoms with Crippen molar-refractivity contribution >= 4 is 17.7 Å². The van der Waals surface area contributed by atoms with Crippen molar-refractivity contribution in [3.63, 3.8) is 0 Å². The van der Waals surface area contributed by atoms with Gasteiger partial charge >= 0.3 is 0 Å². The summed E-state index contributed by atoms with van der Waals surface area (Å²) < 4.78 is 2.04. The van der Waals surface area contributed by atoms with Gasteiger partial charge in [0.25, 0.3) is 0 Å². The van der Waals surface area contributed by atoms with Crippen molar-refractivity contribution in [3.8, 4) is 11.3 Å². The molecule has 112 valence electrons. The van der Waals surface area contributed by atoms with E-state index in [0.717, 1.165) is 41.6 Å². The van der Waals surface area contributed by atoms with Gasteiger partial charge in [0.2, 0.25) is 5.95 Å². The lowest BCUT2D eigenvalue weighted by molar-refractivity contribution is 0.587. The van der Waals surface area contributed by atoms with E-state index < -0.39 is 0 Å². The molecule has 3 rings (SSSR count). The Morgan fingerprint density at radius 1 is 1.48 bits per heavy atom. The fraction of sp³-hybridized carbons (Fsp3) is 0.533. The zero-order valence-corrected chi connectivity index (χ0v) is 13.4. The van der Waals surface area contributed by atoms with Gasteiger partial charge in [-0.3, -0.25) is 4.68 Å². The molecule has 3 heterocycles. The van der Waals surface area contributed by atoms with Crippen molar-refractivity contribution in [2.24, 2.45) is 0 Å². The molecule has 1 saturated heterocycles. The minimum absolute atomic E-state index is 0.495. The van der Waals surface area contributed by atoms with Crippen LogP contribution in [-0.4, -0.2) is 37.3 Å². The zero-order valence-electron chi connectivity index (χ0n) is 12.5.